The summed E-state index contributed by atoms with van der Waals surface area (Å²) in [6, 6.07) is -0.0686. The van der Waals surface area contributed by atoms with Crippen LogP contribution in [-0.4, -0.2) is 12.0 Å². The van der Waals surface area contributed by atoms with Gasteiger partial charge < -0.3 is 5.32 Å². The molecule has 20 heavy (non-hydrogen) atoms. The van der Waals surface area contributed by atoms with E-state index < -0.39 is 11.2 Å². The van der Waals surface area contributed by atoms with E-state index in [0.717, 1.165) is 24.2 Å². The molecule has 1 rings (SSSR count). The van der Waals surface area contributed by atoms with Gasteiger partial charge in [-0.25, -0.2) is 4.98 Å². The van der Waals surface area contributed by atoms with Crippen molar-refractivity contribution >= 4 is 11.3 Å². The first-order valence-electron chi connectivity index (χ1n) is 6.73. The standard InChI is InChI=1S/C14H23F3N2S/c1-9(7-13(2,3)4)6-10(18-5)11-8-19-12(20-11)14(15,16)17/h8-10,18H,6-7H2,1-5H3. The number of nitrogens with zero attached hydrogens (tertiary/aromatic N) is 1. The minimum atomic E-state index is -4.35. The summed E-state index contributed by atoms with van der Waals surface area (Å²) in [5, 5.41) is 2.34. The molecular formula is C14H23F3N2S. The Hall–Kier alpha value is -0.620. The third kappa shape index (κ3) is 5.40. The van der Waals surface area contributed by atoms with E-state index in [1.165, 1.54) is 6.20 Å². The summed E-state index contributed by atoms with van der Waals surface area (Å²) in [4.78, 5) is 4.15. The predicted octanol–water partition coefficient (Wildman–Crippen LogP) is 4.88. The van der Waals surface area contributed by atoms with Crippen molar-refractivity contribution in [3.8, 4) is 0 Å². The smallest absolute Gasteiger partial charge is 0.312 e. The van der Waals surface area contributed by atoms with Crippen LogP contribution in [0.25, 0.3) is 0 Å². The SMILES string of the molecule is CNC(CC(C)CC(C)(C)C)c1cnc(C(F)(F)F)s1. The van der Waals surface area contributed by atoms with Gasteiger partial charge in [-0.2, -0.15) is 13.2 Å². The highest BCUT2D eigenvalue weighted by Gasteiger charge is 2.35. The van der Waals surface area contributed by atoms with Crippen molar-refractivity contribution < 1.29 is 13.2 Å². The summed E-state index contributed by atoms with van der Waals surface area (Å²) in [5.74, 6) is 0.434. The normalized spacial score (nSPS) is 16.2. The number of rotatable bonds is 5. The van der Waals surface area contributed by atoms with Gasteiger partial charge in [0.1, 0.15) is 0 Å². The number of hydrogen-bond donors (Lipinski definition) is 1. The van der Waals surface area contributed by atoms with Crippen LogP contribution in [0.15, 0.2) is 6.20 Å². The minimum Gasteiger partial charge on any atom is -0.312 e. The highest BCUT2D eigenvalue weighted by atomic mass is 32.1. The maximum atomic E-state index is 12.6. The molecule has 1 heterocycles. The van der Waals surface area contributed by atoms with Crippen LogP contribution in [0.4, 0.5) is 13.2 Å². The minimum absolute atomic E-state index is 0.0686. The summed E-state index contributed by atoms with van der Waals surface area (Å²) in [6.45, 7) is 8.66. The fraction of sp³-hybridized carbons (Fsp3) is 0.786. The Kier molecular flexibility index (Phi) is 5.61. The van der Waals surface area contributed by atoms with Gasteiger partial charge in [-0.1, -0.05) is 27.7 Å². The third-order valence-electron chi connectivity index (χ3n) is 3.06. The third-order valence-corrected chi connectivity index (χ3v) is 4.21. The number of hydrogen-bond acceptors (Lipinski definition) is 3. The molecular weight excluding hydrogens is 285 g/mol. The van der Waals surface area contributed by atoms with Gasteiger partial charge in [-0.05, 0) is 31.2 Å². The van der Waals surface area contributed by atoms with E-state index in [-0.39, 0.29) is 11.5 Å². The molecule has 2 nitrogen and oxygen atoms in total. The topological polar surface area (TPSA) is 24.9 Å². The molecule has 1 aromatic heterocycles. The molecule has 2 atom stereocenters. The molecule has 0 amide bonds. The molecule has 6 heteroatoms. The van der Waals surface area contributed by atoms with Gasteiger partial charge in [-0.15, -0.1) is 11.3 Å². The van der Waals surface area contributed by atoms with Crippen molar-refractivity contribution in [3.63, 3.8) is 0 Å². The van der Waals surface area contributed by atoms with Crippen molar-refractivity contribution in [1.82, 2.24) is 10.3 Å². The molecule has 0 aliphatic heterocycles. The average Bonchev–Trinajstić information content (AvgIpc) is 2.71. The molecule has 0 fully saturated rings. The molecule has 116 valence electrons. The Morgan fingerprint density at radius 3 is 2.30 bits per heavy atom. The Bertz CT molecular complexity index is 421. The lowest BCUT2D eigenvalue weighted by Crippen LogP contribution is -2.20. The monoisotopic (exact) mass is 308 g/mol. The van der Waals surface area contributed by atoms with Gasteiger partial charge >= 0.3 is 6.18 Å². The first kappa shape index (κ1) is 17.4. The number of alkyl halides is 3. The number of nitrogens with one attached hydrogen (secondary N) is 1. The molecule has 0 saturated heterocycles. The fourth-order valence-corrected chi connectivity index (χ4v) is 3.39. The second-order valence-electron chi connectivity index (χ2n) is 6.51. The highest BCUT2D eigenvalue weighted by Crippen LogP contribution is 2.37. The summed E-state index contributed by atoms with van der Waals surface area (Å²) < 4.78 is 37.7. The second kappa shape index (κ2) is 6.43. The number of aromatic nitrogens is 1. The molecule has 1 aromatic rings. The molecule has 1 N–H and O–H groups in total. The van der Waals surface area contributed by atoms with Crippen molar-refractivity contribution in [1.29, 1.82) is 0 Å². The Balaban J connectivity index is 2.74. The van der Waals surface area contributed by atoms with Crippen LogP contribution in [0, 0.1) is 11.3 Å². The lowest BCUT2D eigenvalue weighted by molar-refractivity contribution is -0.137. The van der Waals surface area contributed by atoms with Gasteiger partial charge in [0.2, 0.25) is 0 Å². The van der Waals surface area contributed by atoms with Gasteiger partial charge in [-0.3, -0.25) is 0 Å². The summed E-state index contributed by atoms with van der Waals surface area (Å²) >= 11 is 0.734. The number of halogens is 3. The second-order valence-corrected chi connectivity index (χ2v) is 7.57. The van der Waals surface area contributed by atoms with Crippen LogP contribution in [0.2, 0.25) is 0 Å². The van der Waals surface area contributed by atoms with Crippen molar-refractivity contribution in [2.75, 3.05) is 7.05 Å². The van der Waals surface area contributed by atoms with Gasteiger partial charge in [0, 0.05) is 17.1 Å². The van der Waals surface area contributed by atoms with Crippen molar-refractivity contribution in [2.24, 2.45) is 11.3 Å². The molecule has 0 saturated carbocycles. The zero-order chi connectivity index (χ0) is 15.6. The first-order valence-corrected chi connectivity index (χ1v) is 7.55. The van der Waals surface area contributed by atoms with E-state index in [0.29, 0.717) is 10.8 Å². The molecule has 2 unspecified atom stereocenters. The molecule has 0 aromatic carbocycles. The summed E-state index contributed by atoms with van der Waals surface area (Å²) in [6.07, 6.45) is -1.15. The van der Waals surface area contributed by atoms with Gasteiger partial charge in [0.25, 0.3) is 0 Å². The van der Waals surface area contributed by atoms with Gasteiger partial charge in [0.05, 0.1) is 0 Å². The lowest BCUT2D eigenvalue weighted by Gasteiger charge is -2.26. The summed E-state index contributed by atoms with van der Waals surface area (Å²) in [7, 11) is 1.78. The predicted molar refractivity (Wildman–Crippen MR) is 76.8 cm³/mol. The zero-order valence-corrected chi connectivity index (χ0v) is 13.5. The van der Waals surface area contributed by atoms with E-state index in [1.807, 2.05) is 0 Å². The van der Waals surface area contributed by atoms with Gasteiger partial charge in [0.15, 0.2) is 5.01 Å². The zero-order valence-electron chi connectivity index (χ0n) is 12.6. The van der Waals surface area contributed by atoms with Crippen LogP contribution < -0.4 is 5.32 Å². The maximum Gasteiger partial charge on any atom is 0.443 e. The first-order chi connectivity index (χ1) is 9.03. The molecule has 0 aliphatic carbocycles. The Morgan fingerprint density at radius 1 is 1.30 bits per heavy atom. The summed E-state index contributed by atoms with van der Waals surface area (Å²) in [5.41, 5.74) is 0.225. The quantitative estimate of drug-likeness (QED) is 0.838. The highest BCUT2D eigenvalue weighted by molar-refractivity contribution is 7.11. The molecule has 0 aliphatic rings. The van der Waals surface area contributed by atoms with E-state index in [4.69, 9.17) is 0 Å². The molecule has 0 radical (unpaired) electrons. The number of thiazole rings is 1. The van der Waals surface area contributed by atoms with E-state index in [2.05, 4.69) is 38.0 Å². The molecule has 0 bridgehead atoms. The van der Waals surface area contributed by atoms with Crippen LogP contribution >= 0.6 is 11.3 Å². The van der Waals surface area contributed by atoms with Crippen molar-refractivity contribution in [3.05, 3.63) is 16.1 Å². The van der Waals surface area contributed by atoms with Crippen LogP contribution in [0.3, 0.4) is 0 Å². The lowest BCUT2D eigenvalue weighted by atomic mass is 9.83. The van der Waals surface area contributed by atoms with E-state index in [9.17, 15) is 13.2 Å². The average molecular weight is 308 g/mol. The maximum absolute atomic E-state index is 12.6. The van der Waals surface area contributed by atoms with Crippen molar-refractivity contribution in [2.45, 2.75) is 52.8 Å². The van der Waals surface area contributed by atoms with E-state index >= 15 is 0 Å². The Labute approximate surface area is 122 Å². The van der Waals surface area contributed by atoms with Crippen LogP contribution in [0.1, 0.15) is 56.5 Å². The Morgan fingerprint density at radius 2 is 1.90 bits per heavy atom. The fourth-order valence-electron chi connectivity index (χ4n) is 2.49. The molecule has 0 spiro atoms. The van der Waals surface area contributed by atoms with Crippen LogP contribution in [0.5, 0.6) is 0 Å². The largest absolute Gasteiger partial charge is 0.443 e. The van der Waals surface area contributed by atoms with E-state index in [1.54, 1.807) is 7.05 Å². The van der Waals surface area contributed by atoms with Crippen LogP contribution in [-0.2, 0) is 6.18 Å².